The van der Waals surface area contributed by atoms with E-state index in [-0.39, 0.29) is 24.2 Å². The fourth-order valence-electron chi connectivity index (χ4n) is 4.08. The number of amides is 1. The van der Waals surface area contributed by atoms with Gasteiger partial charge in [-0.2, -0.15) is 0 Å². The van der Waals surface area contributed by atoms with Gasteiger partial charge in [-0.1, -0.05) is 60.7 Å². The second-order valence-electron chi connectivity index (χ2n) is 8.45. The smallest absolute Gasteiger partial charge is 0.254 e. The van der Waals surface area contributed by atoms with Gasteiger partial charge < -0.3 is 15.0 Å². The maximum absolute atomic E-state index is 13.4. The first-order chi connectivity index (χ1) is 16.6. The summed E-state index contributed by atoms with van der Waals surface area (Å²) in [6.45, 7) is 1.90. The zero-order valence-corrected chi connectivity index (χ0v) is 19.4. The Labute approximate surface area is 201 Å². The second-order valence-corrected chi connectivity index (χ2v) is 8.45. The van der Waals surface area contributed by atoms with Gasteiger partial charge >= 0.3 is 0 Å². The molecule has 34 heavy (non-hydrogen) atoms. The molecule has 5 heteroatoms. The molecule has 0 bridgehead atoms. The van der Waals surface area contributed by atoms with Gasteiger partial charge in [0, 0.05) is 29.8 Å². The molecule has 1 aliphatic heterocycles. The van der Waals surface area contributed by atoms with Crippen LogP contribution in [0, 0.1) is 5.92 Å². The number of nitrogens with zero attached hydrogens (tertiary/aromatic N) is 1. The first kappa shape index (κ1) is 23.5. The van der Waals surface area contributed by atoms with Crippen LogP contribution in [0.5, 0.6) is 5.75 Å². The number of likely N-dealkylation sites (N-methyl/N-ethyl adjacent to an activating group) is 1. The number of Topliss-reactive ketones (excluding diaryl/α,β-unsaturated/α-hetero) is 1. The lowest BCUT2D eigenvalue weighted by molar-refractivity contribution is -0.113. The van der Waals surface area contributed by atoms with E-state index in [1.165, 1.54) is 0 Å². The lowest BCUT2D eigenvalue weighted by atomic mass is 9.90. The van der Waals surface area contributed by atoms with E-state index in [0.29, 0.717) is 29.9 Å². The van der Waals surface area contributed by atoms with Crippen molar-refractivity contribution in [3.63, 3.8) is 0 Å². The Morgan fingerprint density at radius 2 is 1.82 bits per heavy atom. The summed E-state index contributed by atoms with van der Waals surface area (Å²) in [4.78, 5) is 28.5. The average Bonchev–Trinajstić information content (AvgIpc) is 2.88. The number of ketones is 1. The van der Waals surface area contributed by atoms with Crippen LogP contribution in [-0.4, -0.2) is 49.9 Å². The van der Waals surface area contributed by atoms with Crippen molar-refractivity contribution < 1.29 is 14.3 Å². The van der Waals surface area contributed by atoms with E-state index in [0.717, 1.165) is 24.3 Å². The average molecular weight is 455 g/mol. The Bertz CT molecular complexity index is 1130. The zero-order valence-electron chi connectivity index (χ0n) is 19.4. The summed E-state index contributed by atoms with van der Waals surface area (Å²) in [6.07, 6.45) is 13.0. The molecule has 1 N–H and O–H groups in total. The van der Waals surface area contributed by atoms with Crippen LogP contribution < -0.4 is 10.1 Å². The molecule has 2 aliphatic rings. The molecule has 1 aliphatic carbocycles. The quantitative estimate of drug-likeness (QED) is 0.496. The van der Waals surface area contributed by atoms with Gasteiger partial charge in [0.15, 0.2) is 5.78 Å². The van der Waals surface area contributed by atoms with Gasteiger partial charge in [0.1, 0.15) is 12.4 Å². The number of carbonyl (C=O) groups excluding carboxylic acids is 2. The molecule has 2 aromatic rings. The number of ether oxygens (including phenoxy) is 1. The Kier molecular flexibility index (Phi) is 7.89. The molecule has 1 atom stereocenters. The van der Waals surface area contributed by atoms with E-state index in [1.807, 2.05) is 73.8 Å². The zero-order chi connectivity index (χ0) is 23.8. The van der Waals surface area contributed by atoms with Gasteiger partial charge in [-0.05, 0) is 55.3 Å². The molecule has 174 valence electrons. The normalized spacial score (nSPS) is 20.2. The van der Waals surface area contributed by atoms with Crippen molar-refractivity contribution in [1.82, 2.24) is 10.2 Å². The Morgan fingerprint density at radius 1 is 1.06 bits per heavy atom. The third-order valence-electron chi connectivity index (χ3n) is 5.88. The Morgan fingerprint density at radius 3 is 2.53 bits per heavy atom. The molecule has 1 amide bonds. The number of benzene rings is 2. The van der Waals surface area contributed by atoms with Gasteiger partial charge in [0.25, 0.3) is 5.91 Å². The molecule has 0 saturated carbocycles. The summed E-state index contributed by atoms with van der Waals surface area (Å²) in [5.41, 5.74) is 2.82. The van der Waals surface area contributed by atoms with E-state index >= 15 is 0 Å². The van der Waals surface area contributed by atoms with Crippen molar-refractivity contribution in [2.24, 2.45) is 5.92 Å². The fourth-order valence-corrected chi connectivity index (χ4v) is 4.08. The number of hydrogen-bond donors (Lipinski definition) is 1. The van der Waals surface area contributed by atoms with Gasteiger partial charge in [0.2, 0.25) is 0 Å². The first-order valence-electron chi connectivity index (χ1n) is 11.6. The minimum Gasteiger partial charge on any atom is -0.492 e. The number of hydrogen-bond acceptors (Lipinski definition) is 4. The lowest BCUT2D eigenvalue weighted by Gasteiger charge is -2.30. The van der Waals surface area contributed by atoms with Crippen LogP contribution in [0.3, 0.4) is 0 Å². The van der Waals surface area contributed by atoms with Crippen molar-refractivity contribution in [2.75, 3.05) is 33.3 Å². The monoisotopic (exact) mass is 454 g/mol. The van der Waals surface area contributed by atoms with Crippen molar-refractivity contribution in [2.45, 2.75) is 6.42 Å². The highest BCUT2D eigenvalue weighted by Gasteiger charge is 2.30. The van der Waals surface area contributed by atoms with Crippen molar-refractivity contribution in [3.8, 4) is 5.75 Å². The number of allylic oxidation sites excluding steroid dienone is 5. The van der Waals surface area contributed by atoms with Gasteiger partial charge in [-0.3, -0.25) is 9.59 Å². The SMILES string of the molecule is CNCCOc1ccc(C(=O)N2C/C(=C\c3ccccc3)C(=O)/C(=C/C3C=CC=CC3)C2)cc1. The summed E-state index contributed by atoms with van der Waals surface area (Å²) >= 11 is 0. The highest BCUT2D eigenvalue weighted by molar-refractivity contribution is 6.13. The molecule has 5 nitrogen and oxygen atoms in total. The van der Waals surface area contributed by atoms with Gasteiger partial charge in [-0.15, -0.1) is 0 Å². The minimum atomic E-state index is -0.0989. The number of likely N-dealkylation sites (tertiary alicyclic amines) is 1. The van der Waals surface area contributed by atoms with E-state index in [1.54, 1.807) is 17.0 Å². The van der Waals surface area contributed by atoms with E-state index in [2.05, 4.69) is 17.5 Å². The molecule has 0 radical (unpaired) electrons. The predicted molar refractivity (Wildman–Crippen MR) is 136 cm³/mol. The van der Waals surface area contributed by atoms with Crippen LogP contribution in [0.15, 0.2) is 96.1 Å². The molecule has 1 unspecified atom stereocenters. The van der Waals surface area contributed by atoms with Crippen molar-refractivity contribution >= 4 is 17.8 Å². The number of rotatable bonds is 7. The molecular formula is C29H30N2O3. The van der Waals surface area contributed by atoms with Crippen molar-refractivity contribution in [3.05, 3.63) is 107 Å². The molecule has 0 aromatic heterocycles. The fraction of sp³-hybridized carbons (Fsp3) is 0.241. The van der Waals surface area contributed by atoms with Crippen LogP contribution in [0.1, 0.15) is 22.3 Å². The Hall–Kier alpha value is -3.70. The Balaban J connectivity index is 1.58. The highest BCUT2D eigenvalue weighted by atomic mass is 16.5. The van der Waals surface area contributed by atoms with E-state index in [4.69, 9.17) is 4.74 Å². The molecule has 1 heterocycles. The predicted octanol–water partition coefficient (Wildman–Crippen LogP) is 4.45. The molecule has 2 aromatic carbocycles. The molecule has 1 saturated heterocycles. The summed E-state index contributed by atoms with van der Waals surface area (Å²) < 4.78 is 5.66. The van der Waals surface area contributed by atoms with Crippen LogP contribution >= 0.6 is 0 Å². The molecule has 0 spiro atoms. The number of nitrogens with one attached hydrogen (secondary N) is 1. The van der Waals surface area contributed by atoms with Crippen LogP contribution in [-0.2, 0) is 4.79 Å². The third kappa shape index (κ3) is 6.00. The van der Waals surface area contributed by atoms with Gasteiger partial charge in [-0.25, -0.2) is 0 Å². The molecular weight excluding hydrogens is 424 g/mol. The molecule has 4 rings (SSSR count). The minimum absolute atomic E-state index is 0.0177. The van der Waals surface area contributed by atoms with Crippen LogP contribution in [0.25, 0.3) is 6.08 Å². The summed E-state index contributed by atoms with van der Waals surface area (Å²) in [5, 5.41) is 3.04. The maximum atomic E-state index is 13.4. The molecule has 1 fully saturated rings. The third-order valence-corrected chi connectivity index (χ3v) is 5.88. The van der Waals surface area contributed by atoms with E-state index in [9.17, 15) is 9.59 Å². The van der Waals surface area contributed by atoms with Crippen LogP contribution in [0.2, 0.25) is 0 Å². The number of carbonyl (C=O) groups is 2. The highest BCUT2D eigenvalue weighted by Crippen LogP contribution is 2.25. The van der Waals surface area contributed by atoms with Crippen molar-refractivity contribution in [1.29, 1.82) is 0 Å². The number of piperidine rings is 1. The lowest BCUT2D eigenvalue weighted by Crippen LogP contribution is -2.41. The largest absolute Gasteiger partial charge is 0.492 e. The topological polar surface area (TPSA) is 58.6 Å². The van der Waals surface area contributed by atoms with E-state index < -0.39 is 0 Å². The summed E-state index contributed by atoms with van der Waals surface area (Å²) in [7, 11) is 1.87. The summed E-state index contributed by atoms with van der Waals surface area (Å²) in [6, 6.07) is 17.0. The standard InChI is InChI=1S/C29H30N2O3/c1-30-16-17-34-27-14-12-24(13-15-27)29(33)31-20-25(18-22-8-4-2-5-9-22)28(32)26(21-31)19-23-10-6-3-7-11-23/h2-10,12-15,18-19,23,30H,11,16-17,20-21H2,1H3/b25-18+,26-19+. The first-order valence-corrected chi connectivity index (χ1v) is 11.6. The summed E-state index contributed by atoms with van der Waals surface area (Å²) in [5.74, 6) is 0.802. The second kappa shape index (κ2) is 11.4. The maximum Gasteiger partial charge on any atom is 0.254 e. The van der Waals surface area contributed by atoms with Crippen LogP contribution in [0.4, 0.5) is 0 Å². The van der Waals surface area contributed by atoms with Gasteiger partial charge in [0.05, 0.1) is 6.54 Å².